The van der Waals surface area contributed by atoms with E-state index in [0.717, 1.165) is 11.1 Å². The van der Waals surface area contributed by atoms with Gasteiger partial charge in [-0.25, -0.2) is 0 Å². The fourth-order valence-corrected chi connectivity index (χ4v) is 1.89. The van der Waals surface area contributed by atoms with Gasteiger partial charge in [0.15, 0.2) is 0 Å². The van der Waals surface area contributed by atoms with Crippen LogP contribution in [-0.4, -0.2) is 29.8 Å². The molecule has 0 radical (unpaired) electrons. The van der Waals surface area contributed by atoms with Crippen molar-refractivity contribution in [1.29, 1.82) is 0 Å². The van der Waals surface area contributed by atoms with Gasteiger partial charge in [-0.15, -0.1) is 0 Å². The van der Waals surface area contributed by atoms with Gasteiger partial charge in [0.05, 0.1) is 0 Å². The molecule has 1 aromatic carbocycles. The molecule has 0 aliphatic rings. The summed E-state index contributed by atoms with van der Waals surface area (Å²) in [6.07, 6.45) is -0.0758. The number of amides is 2. The molecule has 0 saturated carbocycles. The van der Waals surface area contributed by atoms with Gasteiger partial charge in [-0.1, -0.05) is 24.3 Å². The third-order valence-corrected chi connectivity index (χ3v) is 3.17. The van der Waals surface area contributed by atoms with Crippen LogP contribution in [0.4, 0.5) is 0 Å². The summed E-state index contributed by atoms with van der Waals surface area (Å²) in [5, 5.41) is 2.79. The van der Waals surface area contributed by atoms with Crippen LogP contribution < -0.4 is 5.32 Å². The molecule has 1 N–H and O–H groups in total. The first-order chi connectivity index (χ1) is 9.08. The summed E-state index contributed by atoms with van der Waals surface area (Å²) in [5.41, 5.74) is 2.21. The lowest BCUT2D eigenvalue weighted by Gasteiger charge is -2.18. The number of carbonyl (C=O) groups excluding carboxylic acids is 2. The van der Waals surface area contributed by atoms with Crippen molar-refractivity contribution in [2.45, 2.75) is 33.7 Å². The van der Waals surface area contributed by atoms with Crippen molar-refractivity contribution in [2.24, 2.45) is 0 Å². The number of rotatable bonds is 6. The van der Waals surface area contributed by atoms with Crippen LogP contribution in [0.2, 0.25) is 0 Å². The number of nitrogens with one attached hydrogen (secondary N) is 1. The molecule has 4 heteroatoms. The van der Waals surface area contributed by atoms with E-state index in [1.807, 2.05) is 45.0 Å². The van der Waals surface area contributed by atoms with E-state index in [4.69, 9.17) is 0 Å². The Kier molecular flexibility index (Phi) is 6.06. The van der Waals surface area contributed by atoms with Crippen LogP contribution in [0.3, 0.4) is 0 Å². The van der Waals surface area contributed by atoms with Gasteiger partial charge in [0.2, 0.25) is 11.8 Å². The molecule has 0 heterocycles. The largest absolute Gasteiger partial charge is 0.352 e. The second kappa shape index (κ2) is 7.56. The Bertz CT molecular complexity index is 440. The number of aryl methyl sites for hydroxylation is 1. The fourth-order valence-electron chi connectivity index (χ4n) is 1.89. The Hall–Kier alpha value is -1.84. The van der Waals surface area contributed by atoms with Crippen molar-refractivity contribution in [3.05, 3.63) is 35.4 Å². The number of hydrogen-bond donors (Lipinski definition) is 1. The fraction of sp³-hybridized carbons (Fsp3) is 0.467. The topological polar surface area (TPSA) is 49.4 Å². The SMILES string of the molecule is CCN(CC)C(=O)CC(=O)NCc1ccccc1C. The molecule has 0 bridgehead atoms. The molecule has 1 rings (SSSR count). The molecule has 0 atom stereocenters. The van der Waals surface area contributed by atoms with E-state index in [-0.39, 0.29) is 18.2 Å². The maximum absolute atomic E-state index is 11.8. The maximum atomic E-state index is 11.8. The van der Waals surface area contributed by atoms with Crippen LogP contribution >= 0.6 is 0 Å². The van der Waals surface area contributed by atoms with Crippen molar-refractivity contribution in [1.82, 2.24) is 10.2 Å². The van der Waals surface area contributed by atoms with Crippen LogP contribution in [0.15, 0.2) is 24.3 Å². The lowest BCUT2D eigenvalue weighted by molar-refractivity contribution is -0.135. The van der Waals surface area contributed by atoms with Gasteiger partial charge in [-0.3, -0.25) is 9.59 Å². The zero-order chi connectivity index (χ0) is 14.3. The summed E-state index contributed by atoms with van der Waals surface area (Å²) in [4.78, 5) is 25.1. The highest BCUT2D eigenvalue weighted by Crippen LogP contribution is 2.06. The Morgan fingerprint density at radius 2 is 1.79 bits per heavy atom. The molecule has 0 spiro atoms. The Morgan fingerprint density at radius 1 is 1.16 bits per heavy atom. The van der Waals surface area contributed by atoms with Gasteiger partial charge in [-0.05, 0) is 31.9 Å². The monoisotopic (exact) mass is 262 g/mol. The Labute approximate surface area is 114 Å². The minimum Gasteiger partial charge on any atom is -0.352 e. The molecule has 4 nitrogen and oxygen atoms in total. The van der Waals surface area contributed by atoms with Crippen molar-refractivity contribution >= 4 is 11.8 Å². The first-order valence-electron chi connectivity index (χ1n) is 6.67. The van der Waals surface area contributed by atoms with Crippen molar-refractivity contribution in [3.63, 3.8) is 0 Å². The highest BCUT2D eigenvalue weighted by molar-refractivity contribution is 5.96. The average molecular weight is 262 g/mol. The van der Waals surface area contributed by atoms with Crippen LogP contribution in [-0.2, 0) is 16.1 Å². The molecule has 19 heavy (non-hydrogen) atoms. The van der Waals surface area contributed by atoms with Crippen molar-refractivity contribution in [3.8, 4) is 0 Å². The summed E-state index contributed by atoms with van der Waals surface area (Å²) in [6.45, 7) is 7.57. The van der Waals surface area contributed by atoms with Gasteiger partial charge in [0, 0.05) is 19.6 Å². The number of carbonyl (C=O) groups is 2. The minimum atomic E-state index is -0.222. The summed E-state index contributed by atoms with van der Waals surface area (Å²) >= 11 is 0. The lowest BCUT2D eigenvalue weighted by Crippen LogP contribution is -2.35. The van der Waals surface area contributed by atoms with Crippen LogP contribution in [0.5, 0.6) is 0 Å². The predicted octanol–water partition coefficient (Wildman–Crippen LogP) is 1.87. The third kappa shape index (κ3) is 4.73. The molecule has 2 amide bonds. The molecule has 0 aliphatic carbocycles. The molecule has 0 fully saturated rings. The normalized spacial score (nSPS) is 10.1. The third-order valence-electron chi connectivity index (χ3n) is 3.17. The van der Waals surface area contributed by atoms with Crippen LogP contribution in [0.1, 0.15) is 31.4 Å². The molecular weight excluding hydrogens is 240 g/mol. The summed E-state index contributed by atoms with van der Waals surface area (Å²) in [7, 11) is 0. The van der Waals surface area contributed by atoms with Gasteiger partial charge in [0.25, 0.3) is 0 Å². The predicted molar refractivity (Wildman–Crippen MR) is 75.6 cm³/mol. The zero-order valence-electron chi connectivity index (χ0n) is 11.9. The Morgan fingerprint density at radius 3 is 2.37 bits per heavy atom. The molecule has 0 aromatic heterocycles. The molecule has 0 unspecified atom stereocenters. The second-order valence-electron chi connectivity index (χ2n) is 4.45. The number of benzene rings is 1. The molecule has 0 aliphatic heterocycles. The van der Waals surface area contributed by atoms with E-state index in [2.05, 4.69) is 5.32 Å². The maximum Gasteiger partial charge on any atom is 0.231 e. The van der Waals surface area contributed by atoms with Crippen LogP contribution in [0.25, 0.3) is 0 Å². The highest BCUT2D eigenvalue weighted by Gasteiger charge is 2.14. The smallest absolute Gasteiger partial charge is 0.231 e. The molecule has 0 saturated heterocycles. The van der Waals surface area contributed by atoms with E-state index < -0.39 is 0 Å². The van der Waals surface area contributed by atoms with E-state index in [1.54, 1.807) is 4.90 Å². The van der Waals surface area contributed by atoms with Crippen LogP contribution in [0, 0.1) is 6.92 Å². The number of hydrogen-bond acceptors (Lipinski definition) is 2. The first-order valence-corrected chi connectivity index (χ1v) is 6.67. The lowest BCUT2D eigenvalue weighted by atomic mass is 10.1. The van der Waals surface area contributed by atoms with Gasteiger partial charge in [0.1, 0.15) is 6.42 Å². The summed E-state index contributed by atoms with van der Waals surface area (Å²) in [6, 6.07) is 7.88. The van der Waals surface area contributed by atoms with E-state index in [0.29, 0.717) is 19.6 Å². The summed E-state index contributed by atoms with van der Waals surface area (Å²) < 4.78 is 0. The van der Waals surface area contributed by atoms with E-state index in [9.17, 15) is 9.59 Å². The zero-order valence-corrected chi connectivity index (χ0v) is 11.9. The van der Waals surface area contributed by atoms with Crippen molar-refractivity contribution < 1.29 is 9.59 Å². The van der Waals surface area contributed by atoms with Gasteiger partial charge in [-0.2, -0.15) is 0 Å². The van der Waals surface area contributed by atoms with Gasteiger partial charge < -0.3 is 10.2 Å². The van der Waals surface area contributed by atoms with Gasteiger partial charge >= 0.3 is 0 Å². The minimum absolute atomic E-state index is 0.0758. The summed E-state index contributed by atoms with van der Waals surface area (Å²) in [5.74, 6) is -0.340. The highest BCUT2D eigenvalue weighted by atomic mass is 16.2. The molecular formula is C15H22N2O2. The Balaban J connectivity index is 2.44. The van der Waals surface area contributed by atoms with E-state index in [1.165, 1.54) is 0 Å². The second-order valence-corrected chi connectivity index (χ2v) is 4.45. The molecule has 1 aromatic rings. The van der Waals surface area contributed by atoms with Crippen molar-refractivity contribution in [2.75, 3.05) is 13.1 Å². The first kappa shape index (κ1) is 15.2. The molecule has 104 valence electrons. The average Bonchev–Trinajstić information content (AvgIpc) is 2.39. The number of nitrogens with zero attached hydrogens (tertiary/aromatic N) is 1. The standard InChI is InChI=1S/C15H22N2O2/c1-4-17(5-2)15(19)10-14(18)16-11-13-9-7-6-8-12(13)3/h6-9H,4-5,10-11H2,1-3H3,(H,16,18). The van der Waals surface area contributed by atoms with E-state index >= 15 is 0 Å². The quantitative estimate of drug-likeness (QED) is 0.796.